The average Bonchev–Trinajstić information content (AvgIpc) is 2.93. The molecule has 1 heterocycles. The smallest absolute Gasteiger partial charge is 0.0448 e. The summed E-state index contributed by atoms with van der Waals surface area (Å²) in [6, 6.07) is 5.41. The highest BCUT2D eigenvalue weighted by atomic mass is 32.1. The summed E-state index contributed by atoms with van der Waals surface area (Å²) in [5.74, 6) is 5.11. The van der Waals surface area contributed by atoms with E-state index in [1.165, 1.54) is 32.1 Å². The molecule has 0 radical (unpaired) electrons. The Kier molecular flexibility index (Phi) is 3.87. The molecule has 0 spiro atoms. The maximum Gasteiger partial charge on any atom is 0.0448 e. The van der Waals surface area contributed by atoms with Crippen LogP contribution in [0.3, 0.4) is 0 Å². The number of hydrogen-bond acceptors (Lipinski definition) is 2. The molecule has 4 fully saturated rings. The van der Waals surface area contributed by atoms with Gasteiger partial charge in [-0.25, -0.2) is 0 Å². The van der Waals surface area contributed by atoms with Gasteiger partial charge in [-0.05, 0) is 86.8 Å². The molecule has 1 aromatic rings. The van der Waals surface area contributed by atoms with Gasteiger partial charge < -0.3 is 5.32 Å². The zero-order valence-corrected chi connectivity index (χ0v) is 14.3. The van der Waals surface area contributed by atoms with Crippen molar-refractivity contribution < 1.29 is 0 Å². The molecule has 4 aliphatic carbocycles. The van der Waals surface area contributed by atoms with E-state index in [9.17, 15) is 0 Å². The predicted molar refractivity (Wildman–Crippen MR) is 90.6 cm³/mol. The van der Waals surface area contributed by atoms with Crippen molar-refractivity contribution >= 4 is 11.3 Å². The van der Waals surface area contributed by atoms with Gasteiger partial charge in [-0.2, -0.15) is 0 Å². The predicted octanol–water partition coefficient (Wildman–Crippen LogP) is 5.03. The molecular formula is C19H29NS. The monoisotopic (exact) mass is 303 g/mol. The van der Waals surface area contributed by atoms with Gasteiger partial charge in [-0.15, -0.1) is 11.3 Å². The Balaban J connectivity index is 1.61. The van der Waals surface area contributed by atoms with Crippen LogP contribution in [-0.2, 0) is 6.42 Å². The first-order chi connectivity index (χ1) is 10.3. The quantitative estimate of drug-likeness (QED) is 0.804. The van der Waals surface area contributed by atoms with E-state index in [1.807, 2.05) is 0 Å². The molecule has 1 unspecified atom stereocenters. The molecule has 1 atom stereocenters. The van der Waals surface area contributed by atoms with Gasteiger partial charge in [0.2, 0.25) is 0 Å². The second-order valence-electron chi connectivity index (χ2n) is 7.70. The Morgan fingerprint density at radius 3 is 2.24 bits per heavy atom. The minimum absolute atomic E-state index is 0.635. The molecule has 0 amide bonds. The fraction of sp³-hybridized carbons (Fsp3) is 0.789. The van der Waals surface area contributed by atoms with Gasteiger partial charge >= 0.3 is 0 Å². The van der Waals surface area contributed by atoms with Crippen LogP contribution in [0.1, 0.15) is 61.7 Å². The highest BCUT2D eigenvalue weighted by Crippen LogP contribution is 2.59. The second-order valence-corrected chi connectivity index (χ2v) is 8.90. The van der Waals surface area contributed by atoms with E-state index in [1.54, 1.807) is 16.2 Å². The van der Waals surface area contributed by atoms with E-state index in [0.29, 0.717) is 6.04 Å². The lowest BCUT2D eigenvalue weighted by atomic mass is 9.50. The zero-order valence-electron chi connectivity index (χ0n) is 13.5. The summed E-state index contributed by atoms with van der Waals surface area (Å²) in [5, 5.41) is 3.87. The third-order valence-electron chi connectivity index (χ3n) is 6.45. The lowest BCUT2D eigenvalue weighted by molar-refractivity contribution is -0.0518. The van der Waals surface area contributed by atoms with E-state index in [-0.39, 0.29) is 0 Å². The van der Waals surface area contributed by atoms with Gasteiger partial charge in [0, 0.05) is 15.8 Å². The normalized spacial score (nSPS) is 38.9. The number of hydrogen-bond donors (Lipinski definition) is 1. The van der Waals surface area contributed by atoms with E-state index in [4.69, 9.17) is 0 Å². The van der Waals surface area contributed by atoms with Crippen LogP contribution < -0.4 is 5.32 Å². The molecule has 0 aliphatic heterocycles. The van der Waals surface area contributed by atoms with Crippen LogP contribution in [0.15, 0.2) is 12.1 Å². The van der Waals surface area contributed by atoms with E-state index < -0.39 is 0 Å². The van der Waals surface area contributed by atoms with Crippen LogP contribution in [-0.4, -0.2) is 6.54 Å². The van der Waals surface area contributed by atoms with Crippen LogP contribution >= 0.6 is 11.3 Å². The van der Waals surface area contributed by atoms with Crippen molar-refractivity contribution in [2.75, 3.05) is 6.54 Å². The second kappa shape index (κ2) is 5.70. The Bertz CT molecular complexity index is 464. The summed E-state index contributed by atoms with van der Waals surface area (Å²) in [4.78, 5) is 3.17. The maximum atomic E-state index is 3.87. The van der Waals surface area contributed by atoms with Crippen LogP contribution in [0.4, 0.5) is 0 Å². The molecule has 0 aromatic carbocycles. The van der Waals surface area contributed by atoms with Crippen molar-refractivity contribution in [3.8, 4) is 0 Å². The Labute approximate surface area is 133 Å². The van der Waals surface area contributed by atoms with Gasteiger partial charge in [0.25, 0.3) is 0 Å². The lowest BCUT2D eigenvalue weighted by Crippen LogP contribution is -2.49. The molecule has 4 bridgehead atoms. The third-order valence-corrected chi connectivity index (χ3v) is 7.76. The number of aryl methyl sites for hydroxylation is 1. The zero-order chi connectivity index (χ0) is 14.4. The number of thiophene rings is 1. The fourth-order valence-electron chi connectivity index (χ4n) is 5.91. The molecule has 4 aliphatic rings. The van der Waals surface area contributed by atoms with E-state index >= 15 is 0 Å². The molecule has 0 saturated heterocycles. The van der Waals surface area contributed by atoms with E-state index in [0.717, 1.165) is 36.1 Å². The summed E-state index contributed by atoms with van der Waals surface area (Å²) >= 11 is 2.06. The van der Waals surface area contributed by atoms with Gasteiger partial charge in [-0.3, -0.25) is 0 Å². The van der Waals surface area contributed by atoms with Crippen molar-refractivity contribution in [3.63, 3.8) is 0 Å². The third kappa shape index (κ3) is 2.49. The van der Waals surface area contributed by atoms with Gasteiger partial charge in [0.1, 0.15) is 0 Å². The van der Waals surface area contributed by atoms with Gasteiger partial charge in [0.15, 0.2) is 0 Å². The van der Waals surface area contributed by atoms with Crippen LogP contribution in [0.2, 0.25) is 0 Å². The van der Waals surface area contributed by atoms with Crippen molar-refractivity contribution in [1.29, 1.82) is 0 Å². The van der Waals surface area contributed by atoms with E-state index in [2.05, 4.69) is 42.6 Å². The lowest BCUT2D eigenvalue weighted by Gasteiger charge is -2.56. The molecule has 4 saturated carbocycles. The fourth-order valence-corrected chi connectivity index (χ4v) is 7.00. The standard InChI is InChI=1S/C19H29NS/c1-3-16-5-6-17(21-16)19(20-4-2)18-14-8-12-7-13(10-14)11-15(18)9-12/h5-6,12-15,18-20H,3-4,7-11H2,1-2H3. The van der Waals surface area contributed by atoms with Crippen molar-refractivity contribution in [1.82, 2.24) is 5.32 Å². The summed E-state index contributed by atoms with van der Waals surface area (Å²) in [5.41, 5.74) is 0. The van der Waals surface area contributed by atoms with Crippen molar-refractivity contribution in [2.45, 2.75) is 58.4 Å². The SMILES string of the molecule is CCNC(c1ccc(CC)s1)C1C2CC3CC(C2)CC1C3. The largest absolute Gasteiger partial charge is 0.309 e. The van der Waals surface area contributed by atoms with Crippen molar-refractivity contribution in [3.05, 3.63) is 21.9 Å². The van der Waals surface area contributed by atoms with Crippen LogP contribution in [0, 0.1) is 29.6 Å². The summed E-state index contributed by atoms with van der Waals surface area (Å²) in [6.07, 6.45) is 8.88. The summed E-state index contributed by atoms with van der Waals surface area (Å²) in [7, 11) is 0. The Hall–Kier alpha value is -0.340. The maximum absolute atomic E-state index is 3.87. The Morgan fingerprint density at radius 2 is 1.71 bits per heavy atom. The molecule has 2 heteroatoms. The van der Waals surface area contributed by atoms with Crippen molar-refractivity contribution in [2.24, 2.45) is 29.6 Å². The average molecular weight is 304 g/mol. The molecule has 21 heavy (non-hydrogen) atoms. The molecule has 1 nitrogen and oxygen atoms in total. The first-order valence-electron chi connectivity index (χ1n) is 9.10. The van der Waals surface area contributed by atoms with Crippen LogP contribution in [0.5, 0.6) is 0 Å². The molecular weight excluding hydrogens is 274 g/mol. The minimum atomic E-state index is 0.635. The minimum Gasteiger partial charge on any atom is -0.309 e. The first-order valence-corrected chi connectivity index (χ1v) is 9.92. The highest BCUT2D eigenvalue weighted by molar-refractivity contribution is 7.12. The highest BCUT2D eigenvalue weighted by Gasteiger charge is 2.50. The molecule has 1 aromatic heterocycles. The summed E-state index contributed by atoms with van der Waals surface area (Å²) < 4.78 is 0. The molecule has 1 N–H and O–H groups in total. The van der Waals surface area contributed by atoms with Gasteiger partial charge in [-0.1, -0.05) is 13.8 Å². The number of rotatable bonds is 5. The van der Waals surface area contributed by atoms with Crippen LogP contribution in [0.25, 0.3) is 0 Å². The topological polar surface area (TPSA) is 12.0 Å². The summed E-state index contributed by atoms with van der Waals surface area (Å²) in [6.45, 7) is 5.66. The number of nitrogens with one attached hydrogen (secondary N) is 1. The first kappa shape index (κ1) is 14.3. The Morgan fingerprint density at radius 1 is 1.05 bits per heavy atom. The molecule has 116 valence electrons. The molecule has 5 rings (SSSR count). The van der Waals surface area contributed by atoms with Gasteiger partial charge in [0.05, 0.1) is 0 Å².